The molecule has 0 aliphatic carbocycles. The Labute approximate surface area is 542 Å². The van der Waals surface area contributed by atoms with Crippen molar-refractivity contribution >= 4 is 22.5 Å². The van der Waals surface area contributed by atoms with Crippen LogP contribution in [0.15, 0.2) is 5.11 Å². The van der Waals surface area contributed by atoms with Gasteiger partial charge in [-0.25, -0.2) is 0 Å². The van der Waals surface area contributed by atoms with Crippen LogP contribution in [-0.4, -0.2) is 79.6 Å². The first-order valence-electron chi connectivity index (χ1n) is 30.1. The van der Waals surface area contributed by atoms with Gasteiger partial charge in [0.25, 0.3) is 0 Å². The maximum atomic E-state index is 14.2. The number of hydrogen-bond acceptors (Lipinski definition) is 7. The minimum absolute atomic E-state index is 0. The molecule has 1 fully saturated rings. The maximum absolute atomic E-state index is 14.2. The highest BCUT2D eigenvalue weighted by atomic mass is 28.4. The second kappa shape index (κ2) is 44.3. The van der Waals surface area contributed by atoms with Gasteiger partial charge in [-0.2, -0.15) is 0 Å². The van der Waals surface area contributed by atoms with Crippen LogP contribution in [0.1, 0.15) is 219 Å². The molecular weight excluding hydrogens is 1060 g/mol. The van der Waals surface area contributed by atoms with E-state index in [-0.39, 0.29) is 93.2 Å². The number of rotatable bonds is 33. The van der Waals surface area contributed by atoms with Gasteiger partial charge >= 0.3 is 0 Å². The minimum atomic E-state index is -2.51. The van der Waals surface area contributed by atoms with Crippen LogP contribution in [0.25, 0.3) is 10.4 Å². The second-order valence-electron chi connectivity index (χ2n) is 24.1. The molecule has 12 heteroatoms. The van der Waals surface area contributed by atoms with E-state index in [1.54, 1.807) is 0 Å². The van der Waals surface area contributed by atoms with Crippen molar-refractivity contribution in [3.05, 3.63) is 10.4 Å². The third-order valence-electron chi connectivity index (χ3n) is 15.7. The first kappa shape index (κ1) is 74.7. The standard InChI is InChI=1S/C71H96N4O6Si2.24H2/c1-16-18-20-22-24-26-28-30-31-32-33-34-35-36-37-38-39-40-42-44-46-48-52-56-67(76)74-64(59-78-69-63(5)61(3)62(4)66(79-69)60-77-58-54-50-49-53-57-73-75-72)68(81-83(14,15)71(9,10)11)65(80-82(12,13)70(6,7)8)55-51-47-45-43-41-29-27-25-23-21-19-17-2;;;;;;;;;;;;;;;;;;;;;;;;/h1,61-66,68-69H,17,19,21,23,25,27,29,41,43,45,47,49-51,53-60H2,2-15H3,(H,74,76);24*1H/t61-,62+,63?,64-,65+,66?,68-,69-;;;;;;;;;;;;;;;;;;;;;;;;/m0......................../s1. The summed E-state index contributed by atoms with van der Waals surface area (Å²) < 4.78 is 35.1. The Morgan fingerprint density at radius 2 is 1.05 bits per heavy atom. The third kappa shape index (κ3) is 34.8. The predicted octanol–water partition coefficient (Wildman–Crippen LogP) is 19.8. The lowest BCUT2D eigenvalue weighted by molar-refractivity contribution is -0.260. The monoisotopic (exact) mass is 1210 g/mol. The van der Waals surface area contributed by atoms with E-state index in [0.29, 0.717) is 19.8 Å². The molecule has 10 nitrogen and oxygen atoms in total. The van der Waals surface area contributed by atoms with Crippen LogP contribution in [0, 0.1) is 160 Å². The molecular formula is C71H144N4O6Si2. The summed E-state index contributed by atoms with van der Waals surface area (Å²) in [5.74, 6) is 59.3. The molecule has 0 spiro atoms. The molecule has 1 N–H and O–H groups in total. The van der Waals surface area contributed by atoms with Gasteiger partial charge in [0.1, 0.15) is 0 Å². The van der Waals surface area contributed by atoms with Gasteiger partial charge in [-0.3, -0.25) is 4.79 Å². The number of carbonyl (C=O) groups is 1. The average Bonchev–Trinajstić information content (AvgIpc) is 0.798. The Hall–Kier alpha value is -6.27. The molecule has 1 amide bonds. The molecule has 0 aromatic rings. The van der Waals surface area contributed by atoms with Crippen molar-refractivity contribution in [1.29, 1.82) is 0 Å². The topological polar surface area (TPSA) is 124 Å². The van der Waals surface area contributed by atoms with Crippen molar-refractivity contribution in [2.75, 3.05) is 26.4 Å². The summed E-state index contributed by atoms with van der Waals surface area (Å²) in [5.41, 5.74) is 8.58. The van der Waals surface area contributed by atoms with Crippen LogP contribution in [-0.2, 0) is 27.9 Å². The highest BCUT2D eigenvalue weighted by molar-refractivity contribution is 6.74. The Bertz CT molecular complexity index is 2910. The molecule has 0 saturated carbocycles. The Kier molecular flexibility index (Phi) is 39.9. The van der Waals surface area contributed by atoms with Gasteiger partial charge in [-0.15, -0.1) is 6.42 Å². The highest BCUT2D eigenvalue weighted by Crippen LogP contribution is 2.42. The largest absolute Gasteiger partial charge is 0.411 e. The number of ether oxygens (including phenoxy) is 3. The zero-order valence-electron chi connectivity index (χ0n) is 53.0. The molecule has 1 rings (SSSR count). The quantitative estimate of drug-likeness (QED) is 0.0174. The molecule has 492 valence electrons. The summed E-state index contributed by atoms with van der Waals surface area (Å²) >= 11 is 0. The van der Waals surface area contributed by atoms with Crippen LogP contribution in [0.4, 0.5) is 0 Å². The summed E-state index contributed by atoms with van der Waals surface area (Å²) in [5, 5.41) is 6.82. The smallest absolute Gasteiger partial charge is 0.232 e. The van der Waals surface area contributed by atoms with Gasteiger partial charge in [-0.05, 0) is 168 Å². The Balaban J connectivity index is -0.000000130. The Morgan fingerprint density at radius 1 is 0.614 bits per heavy atom. The normalized spacial score (nSPS) is 17.0. The van der Waals surface area contributed by atoms with Gasteiger partial charge in [-0.1, -0.05) is 170 Å². The van der Waals surface area contributed by atoms with Crippen molar-refractivity contribution in [2.45, 2.75) is 252 Å². The summed E-state index contributed by atoms with van der Waals surface area (Å²) in [7, 11) is -4.90. The van der Waals surface area contributed by atoms with Gasteiger partial charge in [0.15, 0.2) is 22.9 Å². The minimum Gasteiger partial charge on any atom is -0.411 e. The number of azide groups is 1. The van der Waals surface area contributed by atoms with Gasteiger partial charge in [0, 0.05) is 93.7 Å². The number of hydrogen-bond donors (Lipinski definition) is 1. The molecule has 0 aromatic heterocycles. The van der Waals surface area contributed by atoms with E-state index in [2.05, 4.69) is 247 Å². The van der Waals surface area contributed by atoms with Gasteiger partial charge < -0.3 is 28.4 Å². The van der Waals surface area contributed by atoms with Crippen molar-refractivity contribution in [3.8, 4) is 143 Å². The molecule has 0 bridgehead atoms. The van der Waals surface area contributed by atoms with Crippen LogP contribution >= 0.6 is 0 Å². The van der Waals surface area contributed by atoms with Crippen molar-refractivity contribution in [2.24, 2.45) is 22.9 Å². The van der Waals surface area contributed by atoms with E-state index in [1.165, 1.54) is 64.2 Å². The molecule has 1 aliphatic rings. The number of carbonyl (C=O) groups excluding carboxylic acids is 1. The lowest BCUT2D eigenvalue weighted by atomic mass is 9.79. The number of nitrogens with zero attached hydrogens (tertiary/aromatic N) is 3. The van der Waals surface area contributed by atoms with E-state index in [9.17, 15) is 4.79 Å². The van der Waals surface area contributed by atoms with Crippen molar-refractivity contribution in [1.82, 2.24) is 5.32 Å². The maximum Gasteiger partial charge on any atom is 0.232 e. The molecule has 83 heavy (non-hydrogen) atoms. The lowest BCUT2D eigenvalue weighted by Crippen LogP contribution is -2.60. The van der Waals surface area contributed by atoms with Crippen LogP contribution in [0.2, 0.25) is 36.3 Å². The molecule has 0 aromatic carbocycles. The van der Waals surface area contributed by atoms with Crippen LogP contribution in [0.5, 0.6) is 0 Å². The molecule has 1 aliphatic heterocycles. The van der Waals surface area contributed by atoms with E-state index in [0.717, 1.165) is 44.9 Å². The number of terminal acetylenes is 1. The van der Waals surface area contributed by atoms with E-state index < -0.39 is 35.1 Å². The predicted molar refractivity (Wildman–Crippen MR) is 397 cm³/mol. The average molecular weight is 1210 g/mol. The van der Waals surface area contributed by atoms with Crippen molar-refractivity contribution < 1.29 is 62.1 Å². The number of nitrogens with one attached hydrogen (secondary N) is 1. The fraction of sp³-hybridized carbons (Fsp3) is 0.648. The number of amides is 1. The summed E-state index contributed by atoms with van der Waals surface area (Å²) in [6.07, 6.45) is 23.0. The van der Waals surface area contributed by atoms with Crippen molar-refractivity contribution in [3.63, 3.8) is 0 Å². The summed E-state index contributed by atoms with van der Waals surface area (Å²) in [6, 6.07) is -0.597. The fourth-order valence-corrected chi connectivity index (χ4v) is 11.0. The molecule has 0 radical (unpaired) electrons. The lowest BCUT2D eigenvalue weighted by Gasteiger charge is -2.48. The molecule has 1 saturated heterocycles. The first-order valence-corrected chi connectivity index (χ1v) is 35.9. The van der Waals surface area contributed by atoms with E-state index >= 15 is 0 Å². The first-order chi connectivity index (χ1) is 39.6. The fourth-order valence-electron chi connectivity index (χ4n) is 8.29. The zero-order valence-corrected chi connectivity index (χ0v) is 55.0. The summed E-state index contributed by atoms with van der Waals surface area (Å²) in [6.45, 7) is 33.4. The third-order valence-corrected chi connectivity index (χ3v) is 24.6. The number of unbranched alkanes of at least 4 members (excludes halogenated alkanes) is 14. The van der Waals surface area contributed by atoms with Crippen LogP contribution in [0.3, 0.4) is 0 Å². The highest BCUT2D eigenvalue weighted by Gasteiger charge is 2.48. The molecule has 1 heterocycles. The van der Waals surface area contributed by atoms with Gasteiger partial charge in [0.05, 0.1) is 44.0 Å². The molecule has 2 unspecified atom stereocenters. The van der Waals surface area contributed by atoms with E-state index in [1.807, 2.05) is 0 Å². The summed E-state index contributed by atoms with van der Waals surface area (Å²) in [4.78, 5) is 17.1. The van der Waals surface area contributed by atoms with Gasteiger partial charge in [0.2, 0.25) is 5.91 Å². The van der Waals surface area contributed by atoms with Crippen LogP contribution < -0.4 is 5.32 Å². The van der Waals surface area contributed by atoms with E-state index in [4.69, 9.17) is 35.0 Å². The zero-order chi connectivity index (χ0) is 61.7. The SMILES string of the molecule is C#CC#CC#CC#CC#CC#CC#CC#CC#CC#CC#CC#CCC(=O)N[C@@H](CO[C@H]1OC(COCCCCCCN=[N+]=[N-])[C@H](C)[C@H](C)C1C)[C@H](O[Si](C)(C)C(C)(C)C)[C@@H](CCCCCCCCCCCCCC)O[Si](C)(C)C(C)(C)C.[HH].[HH].[HH].[HH].[HH].[HH].[HH].[HH].[HH].[HH].[HH].[HH].[HH].[HH].[HH].[HH].[HH].[HH].[HH].[HH].[HH].[HH].[HH].[HH]. The second-order valence-corrected chi connectivity index (χ2v) is 33.6. The molecule has 8 atom stereocenters. The Morgan fingerprint density at radius 3 is 1.52 bits per heavy atom.